The molecule has 0 aromatic carbocycles. The number of hydrogen-bond acceptors (Lipinski definition) is 4. The van der Waals surface area contributed by atoms with Crippen molar-refractivity contribution in [3.63, 3.8) is 0 Å². The number of hydrogen-bond donors (Lipinski definition) is 3. The summed E-state index contributed by atoms with van der Waals surface area (Å²) in [4.78, 5) is 15.3. The van der Waals surface area contributed by atoms with Gasteiger partial charge in [-0.1, -0.05) is 12.8 Å². The zero-order valence-corrected chi connectivity index (χ0v) is 15.0. The Labute approximate surface area is 145 Å². The van der Waals surface area contributed by atoms with Crippen molar-refractivity contribution < 1.29 is 9.90 Å². The van der Waals surface area contributed by atoms with Gasteiger partial charge in [-0.15, -0.1) is 0 Å². The molecule has 2 heterocycles. The van der Waals surface area contributed by atoms with E-state index < -0.39 is 6.09 Å². The first-order chi connectivity index (χ1) is 11.5. The van der Waals surface area contributed by atoms with Gasteiger partial charge in [0.15, 0.2) is 0 Å². The minimum Gasteiger partial charge on any atom is -0.465 e. The van der Waals surface area contributed by atoms with Crippen LogP contribution in [0.4, 0.5) is 4.79 Å². The second kappa shape index (κ2) is 7.58. The van der Waals surface area contributed by atoms with Crippen LogP contribution >= 0.6 is 0 Å². The number of amides is 1. The zero-order valence-electron chi connectivity index (χ0n) is 15.0. The van der Waals surface area contributed by atoms with E-state index in [4.69, 9.17) is 10.8 Å². The van der Waals surface area contributed by atoms with Crippen LogP contribution in [0.5, 0.6) is 0 Å². The number of nitrogens with two attached hydrogens (primary N) is 1. The quantitative estimate of drug-likeness (QED) is 0.731. The normalized spacial score (nSPS) is 32.7. The Morgan fingerprint density at radius 1 is 1.08 bits per heavy atom. The Bertz CT molecular complexity index is 429. The molecule has 6 nitrogen and oxygen atoms in total. The van der Waals surface area contributed by atoms with Crippen molar-refractivity contribution in [2.75, 3.05) is 26.2 Å². The SMILES string of the molecule is CC1(N2CCC(N[C@@H]3CCCC[C@H]3N)CC2)CCN(C(=O)O)CC1. The molecular weight excluding hydrogens is 304 g/mol. The topological polar surface area (TPSA) is 81.8 Å². The van der Waals surface area contributed by atoms with E-state index in [0.29, 0.717) is 31.2 Å². The van der Waals surface area contributed by atoms with Crippen LogP contribution in [-0.2, 0) is 0 Å². The van der Waals surface area contributed by atoms with Crippen molar-refractivity contribution in [2.24, 2.45) is 5.73 Å². The number of nitrogens with zero attached hydrogens (tertiary/aromatic N) is 2. The second-order valence-corrected chi connectivity index (χ2v) is 8.25. The molecule has 3 rings (SSSR count). The fourth-order valence-electron chi connectivity index (χ4n) is 4.75. The Kier molecular flexibility index (Phi) is 5.67. The number of likely N-dealkylation sites (tertiary alicyclic amines) is 2. The number of nitrogens with one attached hydrogen (secondary N) is 1. The van der Waals surface area contributed by atoms with Crippen molar-refractivity contribution in [1.82, 2.24) is 15.1 Å². The summed E-state index contributed by atoms with van der Waals surface area (Å²) in [6.07, 6.45) is 8.47. The fourth-order valence-corrected chi connectivity index (χ4v) is 4.75. The fraction of sp³-hybridized carbons (Fsp3) is 0.944. The summed E-state index contributed by atoms with van der Waals surface area (Å²) >= 11 is 0. The smallest absolute Gasteiger partial charge is 0.407 e. The van der Waals surface area contributed by atoms with Gasteiger partial charge in [0, 0.05) is 49.8 Å². The third-order valence-electron chi connectivity index (χ3n) is 6.64. The number of carbonyl (C=O) groups is 1. The highest BCUT2D eigenvalue weighted by atomic mass is 16.4. The monoisotopic (exact) mass is 338 g/mol. The van der Waals surface area contributed by atoms with Gasteiger partial charge in [-0.25, -0.2) is 4.79 Å². The van der Waals surface area contributed by atoms with Crippen LogP contribution in [0.15, 0.2) is 0 Å². The molecule has 1 saturated carbocycles. The molecule has 0 bridgehead atoms. The Morgan fingerprint density at radius 2 is 1.71 bits per heavy atom. The number of piperidine rings is 2. The summed E-state index contributed by atoms with van der Waals surface area (Å²) in [6, 6.07) is 1.43. The summed E-state index contributed by atoms with van der Waals surface area (Å²) < 4.78 is 0. The van der Waals surface area contributed by atoms with Crippen molar-refractivity contribution in [2.45, 2.75) is 82.0 Å². The molecule has 3 aliphatic rings. The van der Waals surface area contributed by atoms with Crippen LogP contribution in [0.3, 0.4) is 0 Å². The summed E-state index contributed by atoms with van der Waals surface area (Å²) in [5.41, 5.74) is 6.44. The van der Waals surface area contributed by atoms with E-state index in [1.807, 2.05) is 0 Å². The van der Waals surface area contributed by atoms with Crippen LogP contribution in [0.1, 0.15) is 58.3 Å². The van der Waals surface area contributed by atoms with Crippen molar-refractivity contribution in [1.29, 1.82) is 0 Å². The van der Waals surface area contributed by atoms with Gasteiger partial charge >= 0.3 is 6.09 Å². The van der Waals surface area contributed by atoms with E-state index >= 15 is 0 Å². The molecule has 138 valence electrons. The van der Waals surface area contributed by atoms with E-state index in [0.717, 1.165) is 32.4 Å². The van der Waals surface area contributed by atoms with Gasteiger partial charge in [0.25, 0.3) is 0 Å². The number of rotatable bonds is 3. The third-order valence-corrected chi connectivity index (χ3v) is 6.64. The molecule has 0 radical (unpaired) electrons. The lowest BCUT2D eigenvalue weighted by atomic mass is 9.85. The lowest BCUT2D eigenvalue weighted by Crippen LogP contribution is -2.59. The lowest BCUT2D eigenvalue weighted by molar-refractivity contribution is 0.0164. The predicted octanol–water partition coefficient (Wildman–Crippen LogP) is 1.84. The summed E-state index contributed by atoms with van der Waals surface area (Å²) in [5.74, 6) is 0. The maximum absolute atomic E-state index is 11.1. The van der Waals surface area contributed by atoms with E-state index in [1.165, 1.54) is 32.1 Å². The molecule has 2 atom stereocenters. The summed E-state index contributed by atoms with van der Waals surface area (Å²) in [7, 11) is 0. The van der Waals surface area contributed by atoms with Gasteiger partial charge in [-0.05, 0) is 45.4 Å². The van der Waals surface area contributed by atoms with Gasteiger partial charge in [0.2, 0.25) is 0 Å². The Balaban J connectivity index is 1.45. The lowest BCUT2D eigenvalue weighted by Gasteiger charge is -2.49. The first-order valence-electron chi connectivity index (χ1n) is 9.72. The van der Waals surface area contributed by atoms with E-state index in [1.54, 1.807) is 4.90 Å². The van der Waals surface area contributed by atoms with Crippen molar-refractivity contribution >= 4 is 6.09 Å². The molecule has 6 heteroatoms. The van der Waals surface area contributed by atoms with Gasteiger partial charge in [0.05, 0.1) is 0 Å². The molecule has 4 N–H and O–H groups in total. The Hall–Kier alpha value is -0.850. The highest BCUT2D eigenvalue weighted by Gasteiger charge is 2.38. The molecule has 2 saturated heterocycles. The first-order valence-corrected chi connectivity index (χ1v) is 9.72. The van der Waals surface area contributed by atoms with Crippen LogP contribution in [0, 0.1) is 0 Å². The average molecular weight is 338 g/mol. The summed E-state index contributed by atoms with van der Waals surface area (Å²) in [5, 5.41) is 13.0. The molecular formula is C18H34N4O2. The van der Waals surface area contributed by atoms with Gasteiger partial charge in [0.1, 0.15) is 0 Å². The highest BCUT2D eigenvalue weighted by molar-refractivity contribution is 5.65. The largest absolute Gasteiger partial charge is 0.465 e. The van der Waals surface area contributed by atoms with E-state index in [2.05, 4.69) is 17.1 Å². The minimum absolute atomic E-state index is 0.165. The molecule has 0 aromatic heterocycles. The van der Waals surface area contributed by atoms with Gasteiger partial charge in [-0.2, -0.15) is 0 Å². The third kappa shape index (κ3) is 4.03. The molecule has 0 aromatic rings. The molecule has 1 aliphatic carbocycles. The molecule has 0 unspecified atom stereocenters. The maximum Gasteiger partial charge on any atom is 0.407 e. The average Bonchev–Trinajstić information content (AvgIpc) is 2.58. The van der Waals surface area contributed by atoms with Crippen molar-refractivity contribution in [3.8, 4) is 0 Å². The molecule has 24 heavy (non-hydrogen) atoms. The minimum atomic E-state index is -0.774. The van der Waals surface area contributed by atoms with Crippen LogP contribution in [-0.4, -0.2) is 70.8 Å². The van der Waals surface area contributed by atoms with Crippen LogP contribution < -0.4 is 11.1 Å². The molecule has 3 fully saturated rings. The molecule has 0 spiro atoms. The van der Waals surface area contributed by atoms with Gasteiger partial charge in [-0.3, -0.25) is 4.90 Å². The maximum atomic E-state index is 11.1. The van der Waals surface area contributed by atoms with E-state index in [-0.39, 0.29) is 5.54 Å². The first kappa shape index (κ1) is 18.0. The van der Waals surface area contributed by atoms with Crippen LogP contribution in [0.2, 0.25) is 0 Å². The second-order valence-electron chi connectivity index (χ2n) is 8.25. The zero-order chi connectivity index (χ0) is 17.2. The van der Waals surface area contributed by atoms with Crippen molar-refractivity contribution in [3.05, 3.63) is 0 Å². The highest BCUT2D eigenvalue weighted by Crippen LogP contribution is 2.31. The van der Waals surface area contributed by atoms with Gasteiger partial charge < -0.3 is 21.1 Å². The predicted molar refractivity (Wildman–Crippen MR) is 95.2 cm³/mol. The Morgan fingerprint density at radius 3 is 2.29 bits per heavy atom. The summed E-state index contributed by atoms with van der Waals surface area (Å²) in [6.45, 7) is 5.88. The standard InChI is InChI=1S/C18H34N4O2/c1-18(8-12-21(13-9-18)17(23)24)22-10-6-14(7-11-22)20-16-5-3-2-4-15(16)19/h14-16,20H,2-13,19H2,1H3,(H,23,24)/t15-,16-/m1/s1. The van der Waals surface area contributed by atoms with Crippen LogP contribution in [0.25, 0.3) is 0 Å². The molecule has 1 amide bonds. The molecule has 2 aliphatic heterocycles. The number of carboxylic acid groups (broad SMARTS) is 1. The van der Waals surface area contributed by atoms with E-state index in [9.17, 15) is 4.79 Å².